The quantitative estimate of drug-likeness (QED) is 0.628. The number of nitrogens with zero attached hydrogens (tertiary/aromatic N) is 1. The molecule has 1 rings (SSSR count). The van der Waals surface area contributed by atoms with Gasteiger partial charge in [0.1, 0.15) is 0 Å². The van der Waals surface area contributed by atoms with Crippen molar-refractivity contribution in [2.75, 3.05) is 33.4 Å². The Morgan fingerprint density at radius 3 is 2.69 bits per heavy atom. The van der Waals surface area contributed by atoms with Crippen LogP contribution in [0.15, 0.2) is 0 Å². The van der Waals surface area contributed by atoms with Gasteiger partial charge in [-0.05, 0) is 31.3 Å². The molecule has 0 aliphatic carbocycles. The molecule has 0 aromatic rings. The van der Waals surface area contributed by atoms with Crippen molar-refractivity contribution in [2.45, 2.75) is 20.3 Å². The fourth-order valence-corrected chi connectivity index (χ4v) is 2.10. The highest BCUT2D eigenvalue weighted by Crippen LogP contribution is 2.32. The van der Waals surface area contributed by atoms with Crippen molar-refractivity contribution in [1.82, 2.24) is 10.2 Å². The molecule has 1 fully saturated rings. The summed E-state index contributed by atoms with van der Waals surface area (Å²) in [5.74, 6) is 0.761. The molecule has 78 valence electrons. The Hall–Kier alpha value is -0.120. The van der Waals surface area contributed by atoms with Gasteiger partial charge < -0.3 is 10.0 Å². The van der Waals surface area contributed by atoms with E-state index in [1.165, 1.54) is 19.5 Å². The van der Waals surface area contributed by atoms with Crippen LogP contribution in [0, 0.1) is 11.3 Å². The van der Waals surface area contributed by atoms with Crippen LogP contribution in [-0.4, -0.2) is 43.4 Å². The lowest BCUT2D eigenvalue weighted by Gasteiger charge is -2.31. The fourth-order valence-electron chi connectivity index (χ4n) is 2.10. The zero-order valence-electron chi connectivity index (χ0n) is 9.01. The summed E-state index contributed by atoms with van der Waals surface area (Å²) in [6.45, 7) is 7.96. The van der Waals surface area contributed by atoms with Crippen molar-refractivity contribution in [1.29, 1.82) is 0 Å². The monoisotopic (exact) mass is 186 g/mol. The molecular weight excluding hydrogens is 164 g/mol. The maximum atomic E-state index is 8.70. The summed E-state index contributed by atoms with van der Waals surface area (Å²) in [6.07, 6.45) is 1.29. The Morgan fingerprint density at radius 2 is 2.23 bits per heavy atom. The molecule has 1 heterocycles. The van der Waals surface area contributed by atoms with Gasteiger partial charge in [-0.15, -0.1) is 0 Å². The van der Waals surface area contributed by atoms with Gasteiger partial charge in [0.05, 0.1) is 6.73 Å². The Labute approximate surface area is 81.1 Å². The minimum atomic E-state index is 0.0893. The SMILES string of the molecule is CN1CCC(C(C)(C)CNCO)C1. The van der Waals surface area contributed by atoms with Crippen LogP contribution in [0.1, 0.15) is 20.3 Å². The molecule has 2 N–H and O–H groups in total. The molecule has 0 spiro atoms. The van der Waals surface area contributed by atoms with Crippen LogP contribution < -0.4 is 5.32 Å². The van der Waals surface area contributed by atoms with Crippen LogP contribution >= 0.6 is 0 Å². The van der Waals surface area contributed by atoms with Gasteiger partial charge in [-0.1, -0.05) is 13.8 Å². The van der Waals surface area contributed by atoms with Gasteiger partial charge >= 0.3 is 0 Å². The molecule has 0 aromatic carbocycles. The van der Waals surface area contributed by atoms with Gasteiger partial charge in [0.25, 0.3) is 0 Å². The molecule has 0 amide bonds. The van der Waals surface area contributed by atoms with Crippen LogP contribution in [0.25, 0.3) is 0 Å². The van der Waals surface area contributed by atoms with Crippen LogP contribution in [0.5, 0.6) is 0 Å². The third-order valence-electron chi connectivity index (χ3n) is 3.19. The first-order valence-corrected chi connectivity index (χ1v) is 5.06. The van der Waals surface area contributed by atoms with E-state index < -0.39 is 0 Å². The third kappa shape index (κ3) is 2.93. The molecule has 0 saturated carbocycles. The van der Waals surface area contributed by atoms with Crippen molar-refractivity contribution in [3.8, 4) is 0 Å². The summed E-state index contributed by atoms with van der Waals surface area (Å²) in [4.78, 5) is 2.38. The molecule has 3 heteroatoms. The van der Waals surface area contributed by atoms with Gasteiger partial charge in [0, 0.05) is 13.1 Å². The van der Waals surface area contributed by atoms with Crippen molar-refractivity contribution in [3.05, 3.63) is 0 Å². The average molecular weight is 186 g/mol. The number of likely N-dealkylation sites (tertiary alicyclic amines) is 1. The van der Waals surface area contributed by atoms with Gasteiger partial charge in [-0.25, -0.2) is 0 Å². The smallest absolute Gasteiger partial charge is 0.0931 e. The Kier molecular flexibility index (Phi) is 3.71. The van der Waals surface area contributed by atoms with Crippen molar-refractivity contribution in [2.24, 2.45) is 11.3 Å². The van der Waals surface area contributed by atoms with E-state index in [1.807, 2.05) is 0 Å². The maximum Gasteiger partial charge on any atom is 0.0931 e. The highest BCUT2D eigenvalue weighted by atomic mass is 16.3. The van der Waals surface area contributed by atoms with E-state index in [0.29, 0.717) is 5.41 Å². The summed E-state index contributed by atoms with van der Waals surface area (Å²) in [5, 5.41) is 11.7. The average Bonchev–Trinajstić information content (AvgIpc) is 2.49. The normalized spacial score (nSPS) is 25.4. The van der Waals surface area contributed by atoms with Crippen LogP contribution in [-0.2, 0) is 0 Å². The Bertz CT molecular complexity index is 159. The Balaban J connectivity index is 2.39. The van der Waals surface area contributed by atoms with E-state index in [1.54, 1.807) is 0 Å². The van der Waals surface area contributed by atoms with Gasteiger partial charge in [-0.3, -0.25) is 5.32 Å². The summed E-state index contributed by atoms with van der Waals surface area (Å²) in [6, 6.07) is 0. The first kappa shape index (κ1) is 11.0. The largest absolute Gasteiger partial charge is 0.381 e. The number of aliphatic hydroxyl groups excluding tert-OH is 1. The zero-order chi connectivity index (χ0) is 9.90. The molecule has 1 unspecified atom stereocenters. The third-order valence-corrected chi connectivity index (χ3v) is 3.19. The molecular formula is C10H22N2O. The van der Waals surface area contributed by atoms with Crippen molar-refractivity contribution >= 4 is 0 Å². The number of nitrogens with one attached hydrogen (secondary N) is 1. The molecule has 1 saturated heterocycles. The predicted octanol–water partition coefficient (Wildman–Crippen LogP) is 0.504. The molecule has 0 aromatic heterocycles. The standard InChI is InChI=1S/C10H22N2O/c1-10(2,7-11-8-13)9-4-5-12(3)6-9/h9,11,13H,4-8H2,1-3H3. The minimum absolute atomic E-state index is 0.0893. The van der Waals surface area contributed by atoms with Crippen LogP contribution in [0.2, 0.25) is 0 Å². The molecule has 0 bridgehead atoms. The maximum absolute atomic E-state index is 8.70. The predicted molar refractivity (Wildman–Crippen MR) is 54.5 cm³/mol. The number of rotatable bonds is 4. The van der Waals surface area contributed by atoms with E-state index >= 15 is 0 Å². The summed E-state index contributed by atoms with van der Waals surface area (Å²) >= 11 is 0. The molecule has 1 atom stereocenters. The molecule has 0 radical (unpaired) electrons. The van der Waals surface area contributed by atoms with Crippen LogP contribution in [0.4, 0.5) is 0 Å². The van der Waals surface area contributed by atoms with E-state index in [4.69, 9.17) is 5.11 Å². The number of hydrogen-bond acceptors (Lipinski definition) is 3. The van der Waals surface area contributed by atoms with Gasteiger partial charge in [-0.2, -0.15) is 0 Å². The summed E-state index contributed by atoms with van der Waals surface area (Å²) in [7, 11) is 2.18. The minimum Gasteiger partial charge on any atom is -0.381 e. The first-order valence-electron chi connectivity index (χ1n) is 5.06. The topological polar surface area (TPSA) is 35.5 Å². The second kappa shape index (κ2) is 4.40. The zero-order valence-corrected chi connectivity index (χ0v) is 9.01. The molecule has 3 nitrogen and oxygen atoms in total. The van der Waals surface area contributed by atoms with Crippen LogP contribution in [0.3, 0.4) is 0 Å². The van der Waals surface area contributed by atoms with Crippen molar-refractivity contribution < 1.29 is 5.11 Å². The second-order valence-electron chi connectivity index (χ2n) is 4.82. The van der Waals surface area contributed by atoms with Crippen molar-refractivity contribution in [3.63, 3.8) is 0 Å². The van der Waals surface area contributed by atoms with E-state index in [0.717, 1.165) is 12.5 Å². The lowest BCUT2D eigenvalue weighted by atomic mass is 9.78. The molecule has 13 heavy (non-hydrogen) atoms. The second-order valence-corrected chi connectivity index (χ2v) is 4.82. The fraction of sp³-hybridized carbons (Fsp3) is 1.00. The van der Waals surface area contributed by atoms with E-state index in [2.05, 4.69) is 31.1 Å². The van der Waals surface area contributed by atoms with E-state index in [9.17, 15) is 0 Å². The number of hydrogen-bond donors (Lipinski definition) is 2. The molecule has 1 aliphatic rings. The highest BCUT2D eigenvalue weighted by molar-refractivity contribution is 4.86. The summed E-state index contributed by atoms with van der Waals surface area (Å²) in [5.41, 5.74) is 0.299. The lowest BCUT2D eigenvalue weighted by Crippen LogP contribution is -2.37. The van der Waals surface area contributed by atoms with Gasteiger partial charge in [0.2, 0.25) is 0 Å². The van der Waals surface area contributed by atoms with E-state index in [-0.39, 0.29) is 6.73 Å². The van der Waals surface area contributed by atoms with Gasteiger partial charge in [0.15, 0.2) is 0 Å². The Morgan fingerprint density at radius 1 is 1.54 bits per heavy atom. The molecule has 1 aliphatic heterocycles. The highest BCUT2D eigenvalue weighted by Gasteiger charge is 2.33. The lowest BCUT2D eigenvalue weighted by molar-refractivity contribution is 0.174. The first-order chi connectivity index (χ1) is 6.06. The number of aliphatic hydroxyl groups is 1. The summed E-state index contributed by atoms with van der Waals surface area (Å²) < 4.78 is 0.